The van der Waals surface area contributed by atoms with Gasteiger partial charge < -0.3 is 19.0 Å². The summed E-state index contributed by atoms with van der Waals surface area (Å²) < 4.78 is 15.7. The maximum Gasteiger partial charge on any atom is 0.273 e. The molecule has 1 N–H and O–H groups in total. The number of hydrogen-bond donors (Lipinski definition) is 1. The van der Waals surface area contributed by atoms with Gasteiger partial charge >= 0.3 is 0 Å². The lowest BCUT2D eigenvalue weighted by molar-refractivity contribution is 0.0467. The topological polar surface area (TPSA) is 103 Å². The first-order valence-corrected chi connectivity index (χ1v) is 7.75. The summed E-state index contributed by atoms with van der Waals surface area (Å²) in [5, 5.41) is 6.94. The van der Waals surface area contributed by atoms with Crippen LogP contribution >= 0.6 is 0 Å². The molecule has 0 spiro atoms. The van der Waals surface area contributed by atoms with Crippen molar-refractivity contribution in [1.82, 2.24) is 20.4 Å². The molecule has 0 bridgehead atoms. The van der Waals surface area contributed by atoms with Crippen molar-refractivity contribution < 1.29 is 18.5 Å². The van der Waals surface area contributed by atoms with E-state index in [1.54, 1.807) is 0 Å². The number of carbonyl (C=O) groups is 1. The quantitative estimate of drug-likeness (QED) is 0.899. The van der Waals surface area contributed by atoms with Crippen molar-refractivity contribution in [2.24, 2.45) is 5.92 Å². The summed E-state index contributed by atoms with van der Waals surface area (Å²) in [6, 6.07) is -0.358. The van der Waals surface area contributed by atoms with Crippen LogP contribution < -0.4 is 5.32 Å². The van der Waals surface area contributed by atoms with Gasteiger partial charge in [-0.25, -0.2) is 4.98 Å². The largest absolute Gasteiger partial charge is 0.451 e. The minimum atomic E-state index is -0.358. The van der Waals surface area contributed by atoms with Crippen LogP contribution in [0.2, 0.25) is 0 Å². The Kier molecular flexibility index (Phi) is 4.71. The number of amides is 1. The normalized spacial score (nSPS) is 17.3. The third-order valence-electron chi connectivity index (χ3n) is 3.93. The van der Waals surface area contributed by atoms with Crippen LogP contribution in [0.4, 0.5) is 0 Å². The molecule has 0 saturated carbocycles. The lowest BCUT2D eigenvalue weighted by atomic mass is 9.91. The van der Waals surface area contributed by atoms with Gasteiger partial charge in [0.2, 0.25) is 5.89 Å². The number of hydrogen-bond acceptors (Lipinski definition) is 7. The first-order chi connectivity index (χ1) is 11.1. The molecule has 1 aliphatic rings. The molecule has 2 aromatic rings. The third-order valence-corrected chi connectivity index (χ3v) is 3.93. The highest BCUT2D eigenvalue weighted by molar-refractivity contribution is 5.92. The molecular formula is C15H20N4O4. The molecule has 0 aromatic carbocycles. The van der Waals surface area contributed by atoms with Crippen LogP contribution in [-0.2, 0) is 4.74 Å². The van der Waals surface area contributed by atoms with Crippen LogP contribution in [0.1, 0.15) is 60.9 Å². The van der Waals surface area contributed by atoms with E-state index in [9.17, 15) is 4.79 Å². The van der Waals surface area contributed by atoms with E-state index in [1.807, 2.05) is 13.8 Å². The highest BCUT2D eigenvalue weighted by Gasteiger charge is 2.32. The molecule has 0 unspecified atom stereocenters. The first-order valence-electron chi connectivity index (χ1n) is 7.75. The molecule has 2 aromatic heterocycles. The van der Waals surface area contributed by atoms with Gasteiger partial charge in [-0.15, -0.1) is 0 Å². The average Bonchev–Trinajstić information content (AvgIpc) is 3.24. The molecule has 0 radical (unpaired) electrons. The lowest BCUT2D eigenvalue weighted by Gasteiger charge is -2.28. The molecule has 23 heavy (non-hydrogen) atoms. The summed E-state index contributed by atoms with van der Waals surface area (Å²) >= 11 is 0. The molecule has 1 amide bonds. The Labute approximate surface area is 133 Å². The number of oxazole rings is 1. The third kappa shape index (κ3) is 3.58. The maximum atomic E-state index is 12.3. The molecule has 0 aliphatic carbocycles. The Balaban J connectivity index is 1.81. The number of ether oxygens (including phenoxy) is 1. The average molecular weight is 320 g/mol. The minimum absolute atomic E-state index is 0.161. The van der Waals surface area contributed by atoms with E-state index in [0.717, 1.165) is 12.8 Å². The van der Waals surface area contributed by atoms with Crippen molar-refractivity contribution >= 4 is 5.91 Å². The van der Waals surface area contributed by atoms with E-state index in [-0.39, 0.29) is 29.5 Å². The first kappa shape index (κ1) is 15.7. The molecule has 3 heterocycles. The summed E-state index contributed by atoms with van der Waals surface area (Å²) in [7, 11) is 0. The van der Waals surface area contributed by atoms with Crippen LogP contribution in [0.5, 0.6) is 0 Å². The Hall–Kier alpha value is -2.22. The molecule has 3 rings (SSSR count). The van der Waals surface area contributed by atoms with Gasteiger partial charge in [-0.05, 0) is 18.8 Å². The molecule has 8 heteroatoms. The van der Waals surface area contributed by atoms with Gasteiger partial charge in [-0.3, -0.25) is 4.79 Å². The summed E-state index contributed by atoms with van der Waals surface area (Å²) in [4.78, 5) is 20.6. The van der Waals surface area contributed by atoms with Gasteiger partial charge in [0.25, 0.3) is 5.91 Å². The number of nitrogens with zero attached hydrogens (tertiary/aromatic N) is 3. The molecular weight excluding hydrogens is 300 g/mol. The van der Waals surface area contributed by atoms with Crippen molar-refractivity contribution in [2.45, 2.75) is 38.6 Å². The number of aromatic nitrogens is 3. The van der Waals surface area contributed by atoms with Crippen LogP contribution in [-0.4, -0.2) is 34.2 Å². The zero-order valence-corrected chi connectivity index (χ0v) is 13.2. The van der Waals surface area contributed by atoms with Crippen LogP contribution in [0.3, 0.4) is 0 Å². The van der Waals surface area contributed by atoms with Gasteiger partial charge in [0, 0.05) is 19.1 Å². The van der Waals surface area contributed by atoms with Crippen LogP contribution in [0, 0.1) is 5.92 Å². The second kappa shape index (κ2) is 6.91. The predicted molar refractivity (Wildman–Crippen MR) is 78.6 cm³/mol. The van der Waals surface area contributed by atoms with E-state index < -0.39 is 0 Å². The Morgan fingerprint density at radius 2 is 2.13 bits per heavy atom. The fourth-order valence-electron chi connectivity index (χ4n) is 2.58. The Morgan fingerprint density at radius 3 is 2.74 bits per heavy atom. The Bertz CT molecular complexity index is 632. The van der Waals surface area contributed by atoms with Crippen molar-refractivity contribution in [3.05, 3.63) is 30.1 Å². The fourth-order valence-corrected chi connectivity index (χ4v) is 2.58. The van der Waals surface area contributed by atoms with Gasteiger partial charge in [0.1, 0.15) is 12.3 Å². The molecule has 1 aliphatic heterocycles. The second-order valence-corrected chi connectivity index (χ2v) is 5.92. The van der Waals surface area contributed by atoms with Crippen LogP contribution in [0.15, 0.2) is 21.6 Å². The molecule has 1 atom stereocenters. The monoisotopic (exact) mass is 320 g/mol. The van der Waals surface area contributed by atoms with Crippen molar-refractivity contribution in [3.63, 3.8) is 0 Å². The maximum absolute atomic E-state index is 12.3. The zero-order chi connectivity index (χ0) is 16.2. The van der Waals surface area contributed by atoms with E-state index in [1.165, 1.54) is 12.7 Å². The zero-order valence-electron chi connectivity index (χ0n) is 13.2. The van der Waals surface area contributed by atoms with Gasteiger partial charge in [-0.1, -0.05) is 19.0 Å². The fraction of sp³-hybridized carbons (Fsp3) is 0.600. The number of carbonyl (C=O) groups excluding carboxylic acids is 1. The van der Waals surface area contributed by atoms with E-state index in [0.29, 0.717) is 24.9 Å². The molecule has 124 valence electrons. The summed E-state index contributed by atoms with van der Waals surface area (Å²) in [5.41, 5.74) is 0.227. The van der Waals surface area contributed by atoms with E-state index in [4.69, 9.17) is 13.7 Å². The van der Waals surface area contributed by atoms with E-state index in [2.05, 4.69) is 20.4 Å². The molecule has 1 saturated heterocycles. The summed E-state index contributed by atoms with van der Waals surface area (Å²) in [6.07, 6.45) is 4.18. The lowest BCUT2D eigenvalue weighted by Crippen LogP contribution is -2.36. The van der Waals surface area contributed by atoms with Crippen molar-refractivity contribution in [1.29, 1.82) is 0 Å². The van der Waals surface area contributed by atoms with Crippen molar-refractivity contribution in [2.75, 3.05) is 13.2 Å². The van der Waals surface area contributed by atoms with Gasteiger partial charge in [-0.2, -0.15) is 4.98 Å². The molecule has 1 fully saturated rings. The molecule has 8 nitrogen and oxygen atoms in total. The highest BCUT2D eigenvalue weighted by atomic mass is 16.5. The van der Waals surface area contributed by atoms with Gasteiger partial charge in [0.15, 0.2) is 17.9 Å². The SMILES string of the molecule is CC(C)c1noc([C@H](NC(=O)c2cocn2)C2CCOCC2)n1. The standard InChI is InChI=1S/C15H20N4O4/c1-9(2)13-18-15(23-19-13)12(10-3-5-21-6-4-10)17-14(20)11-7-22-8-16-11/h7-10,12H,3-6H2,1-2H3,(H,17,20)/t12-/m1/s1. The smallest absolute Gasteiger partial charge is 0.273 e. The van der Waals surface area contributed by atoms with Gasteiger partial charge in [0.05, 0.1) is 0 Å². The minimum Gasteiger partial charge on any atom is -0.451 e. The predicted octanol–water partition coefficient (Wildman–Crippen LogP) is 2.08. The summed E-state index contributed by atoms with van der Waals surface area (Å²) in [6.45, 7) is 5.30. The second-order valence-electron chi connectivity index (χ2n) is 5.92. The summed E-state index contributed by atoms with van der Waals surface area (Å²) in [5.74, 6) is 1.08. The Morgan fingerprint density at radius 1 is 1.35 bits per heavy atom. The van der Waals surface area contributed by atoms with E-state index >= 15 is 0 Å². The number of nitrogens with one attached hydrogen (secondary N) is 1. The highest BCUT2D eigenvalue weighted by Crippen LogP contribution is 2.30. The number of rotatable bonds is 5. The van der Waals surface area contributed by atoms with Crippen molar-refractivity contribution in [3.8, 4) is 0 Å². The van der Waals surface area contributed by atoms with Crippen LogP contribution in [0.25, 0.3) is 0 Å².